The first kappa shape index (κ1) is 17.0. The molecular formula is C21H24N2O3. The Morgan fingerprint density at radius 1 is 1.08 bits per heavy atom. The van der Waals surface area contributed by atoms with Crippen molar-refractivity contribution in [2.24, 2.45) is 29.6 Å². The molecule has 1 N–H and O–H groups in total. The topological polar surface area (TPSA) is 66.5 Å². The van der Waals surface area contributed by atoms with Gasteiger partial charge in [-0.05, 0) is 42.7 Å². The van der Waals surface area contributed by atoms with Gasteiger partial charge in [0.15, 0.2) is 0 Å². The van der Waals surface area contributed by atoms with Crippen LogP contribution in [0.4, 0.5) is 5.69 Å². The number of nitrogens with zero attached hydrogens (tertiary/aromatic N) is 1. The highest BCUT2D eigenvalue weighted by Gasteiger charge is 2.61. The van der Waals surface area contributed by atoms with Gasteiger partial charge in [0.1, 0.15) is 6.04 Å². The Hall–Kier alpha value is -2.43. The SMILES string of the molecule is CC(C)C[C@@H](C(=O)Nc1ccccc1)N1C(=O)[C@@H]2[C@H](C1=O)[C@H]1C=C[C@H]2C1. The number of carbonyl (C=O) groups excluding carboxylic acids is 3. The maximum atomic E-state index is 13.1. The van der Waals surface area contributed by atoms with Crippen molar-refractivity contribution in [1.29, 1.82) is 0 Å². The molecule has 0 aromatic heterocycles. The number of likely N-dealkylation sites (tertiary alicyclic amines) is 1. The molecule has 2 fully saturated rings. The van der Waals surface area contributed by atoms with Gasteiger partial charge in [-0.1, -0.05) is 44.2 Å². The van der Waals surface area contributed by atoms with Gasteiger partial charge < -0.3 is 5.32 Å². The van der Waals surface area contributed by atoms with E-state index in [1.54, 1.807) is 12.1 Å². The van der Waals surface area contributed by atoms with E-state index in [4.69, 9.17) is 0 Å². The Bertz CT molecular complexity index is 741. The van der Waals surface area contributed by atoms with Crippen molar-refractivity contribution in [2.45, 2.75) is 32.7 Å². The van der Waals surface area contributed by atoms with E-state index in [9.17, 15) is 14.4 Å². The number of allylic oxidation sites excluding steroid dienone is 2. The van der Waals surface area contributed by atoms with E-state index in [1.165, 1.54) is 4.90 Å². The van der Waals surface area contributed by atoms with E-state index in [-0.39, 0.29) is 47.3 Å². The third-order valence-electron chi connectivity index (χ3n) is 5.85. The summed E-state index contributed by atoms with van der Waals surface area (Å²) in [5, 5.41) is 2.87. The van der Waals surface area contributed by atoms with Gasteiger partial charge in [0, 0.05) is 5.69 Å². The largest absolute Gasteiger partial charge is 0.324 e. The summed E-state index contributed by atoms with van der Waals surface area (Å²) >= 11 is 0. The Morgan fingerprint density at radius 2 is 1.65 bits per heavy atom. The molecule has 1 aromatic rings. The lowest BCUT2D eigenvalue weighted by Gasteiger charge is -2.28. The number of anilines is 1. The lowest BCUT2D eigenvalue weighted by atomic mass is 9.85. The van der Waals surface area contributed by atoms with Gasteiger partial charge in [0.25, 0.3) is 0 Å². The quantitative estimate of drug-likeness (QED) is 0.654. The number of hydrogen-bond acceptors (Lipinski definition) is 3. The number of amides is 3. The maximum absolute atomic E-state index is 13.1. The number of para-hydroxylation sites is 1. The minimum Gasteiger partial charge on any atom is -0.324 e. The van der Waals surface area contributed by atoms with Crippen LogP contribution in [0.1, 0.15) is 26.7 Å². The minimum absolute atomic E-state index is 0.156. The van der Waals surface area contributed by atoms with Crippen LogP contribution in [0.3, 0.4) is 0 Å². The standard InChI is InChI=1S/C21H24N2O3/c1-12(2)10-16(19(24)22-15-6-4-3-5-7-15)23-20(25)17-13-8-9-14(11-13)18(17)21(23)26/h3-9,12-14,16-18H,10-11H2,1-2H3,(H,22,24)/t13-,14-,16-,17-,18+/m0/s1. The van der Waals surface area contributed by atoms with Crippen molar-refractivity contribution in [3.05, 3.63) is 42.5 Å². The summed E-state index contributed by atoms with van der Waals surface area (Å²) in [6.07, 6.45) is 5.51. The highest BCUT2D eigenvalue weighted by molar-refractivity contribution is 6.10. The molecule has 0 spiro atoms. The lowest BCUT2D eigenvalue weighted by molar-refractivity contribution is -0.147. The van der Waals surface area contributed by atoms with Crippen LogP contribution >= 0.6 is 0 Å². The van der Waals surface area contributed by atoms with Gasteiger partial charge >= 0.3 is 0 Å². The van der Waals surface area contributed by atoms with E-state index in [2.05, 4.69) is 17.5 Å². The lowest BCUT2D eigenvalue weighted by Crippen LogP contribution is -2.49. The van der Waals surface area contributed by atoms with E-state index in [0.717, 1.165) is 6.42 Å². The van der Waals surface area contributed by atoms with Crippen LogP contribution in [-0.2, 0) is 14.4 Å². The number of nitrogens with one attached hydrogen (secondary N) is 1. The molecule has 0 radical (unpaired) electrons. The van der Waals surface area contributed by atoms with Crippen LogP contribution in [0.25, 0.3) is 0 Å². The highest BCUT2D eigenvalue weighted by atomic mass is 16.2. The van der Waals surface area contributed by atoms with Gasteiger partial charge in [0.2, 0.25) is 17.7 Å². The van der Waals surface area contributed by atoms with Crippen molar-refractivity contribution >= 4 is 23.4 Å². The summed E-state index contributed by atoms with van der Waals surface area (Å²) in [7, 11) is 0. The van der Waals surface area contributed by atoms with Crippen molar-refractivity contribution in [3.8, 4) is 0 Å². The second kappa shape index (κ2) is 6.38. The Labute approximate surface area is 153 Å². The fourth-order valence-corrected chi connectivity index (χ4v) is 4.76. The fraction of sp³-hybridized carbons (Fsp3) is 0.476. The summed E-state index contributed by atoms with van der Waals surface area (Å²) < 4.78 is 0. The molecule has 1 aliphatic heterocycles. The first-order chi connectivity index (χ1) is 12.5. The molecule has 3 amide bonds. The molecule has 26 heavy (non-hydrogen) atoms. The van der Waals surface area contributed by atoms with Crippen molar-refractivity contribution in [3.63, 3.8) is 0 Å². The predicted molar refractivity (Wildman–Crippen MR) is 97.9 cm³/mol. The molecule has 5 nitrogen and oxygen atoms in total. The van der Waals surface area contributed by atoms with E-state index in [0.29, 0.717) is 12.1 Å². The van der Waals surface area contributed by atoms with Gasteiger partial charge in [-0.15, -0.1) is 0 Å². The Kier molecular flexibility index (Phi) is 4.17. The smallest absolute Gasteiger partial charge is 0.247 e. The van der Waals surface area contributed by atoms with Crippen molar-refractivity contribution in [2.75, 3.05) is 5.32 Å². The van der Waals surface area contributed by atoms with Gasteiger partial charge in [-0.2, -0.15) is 0 Å². The summed E-state index contributed by atoms with van der Waals surface area (Å²) in [5.74, 6) is -0.638. The van der Waals surface area contributed by atoms with E-state index >= 15 is 0 Å². The summed E-state index contributed by atoms with van der Waals surface area (Å²) in [5.41, 5.74) is 0.673. The molecule has 136 valence electrons. The second-order valence-electron chi connectivity index (χ2n) is 8.05. The molecule has 0 unspecified atom stereocenters. The van der Waals surface area contributed by atoms with E-state index in [1.807, 2.05) is 32.0 Å². The number of rotatable bonds is 5. The molecular weight excluding hydrogens is 328 g/mol. The van der Waals surface area contributed by atoms with Crippen LogP contribution in [0, 0.1) is 29.6 Å². The maximum Gasteiger partial charge on any atom is 0.247 e. The summed E-state index contributed by atoms with van der Waals surface area (Å²) in [6.45, 7) is 4.00. The van der Waals surface area contributed by atoms with Gasteiger partial charge in [-0.3, -0.25) is 19.3 Å². The molecule has 2 bridgehead atoms. The monoisotopic (exact) mass is 352 g/mol. The molecule has 1 heterocycles. The van der Waals surface area contributed by atoms with Crippen molar-refractivity contribution in [1.82, 2.24) is 4.90 Å². The first-order valence-corrected chi connectivity index (χ1v) is 9.38. The van der Waals surface area contributed by atoms with Crippen LogP contribution in [0.15, 0.2) is 42.5 Å². The zero-order valence-corrected chi connectivity index (χ0v) is 15.1. The Balaban J connectivity index is 1.60. The predicted octanol–water partition coefficient (Wildman–Crippen LogP) is 2.85. The van der Waals surface area contributed by atoms with Crippen LogP contribution in [-0.4, -0.2) is 28.7 Å². The molecule has 5 atom stereocenters. The molecule has 2 aliphatic carbocycles. The third kappa shape index (κ3) is 2.66. The molecule has 1 saturated carbocycles. The first-order valence-electron chi connectivity index (χ1n) is 9.38. The van der Waals surface area contributed by atoms with Crippen LogP contribution < -0.4 is 5.32 Å². The number of imide groups is 1. The zero-order valence-electron chi connectivity index (χ0n) is 15.1. The number of hydrogen-bond donors (Lipinski definition) is 1. The zero-order chi connectivity index (χ0) is 18.4. The Morgan fingerprint density at radius 3 is 2.19 bits per heavy atom. The van der Waals surface area contributed by atoms with Gasteiger partial charge in [0.05, 0.1) is 11.8 Å². The molecule has 3 aliphatic rings. The minimum atomic E-state index is -0.750. The average Bonchev–Trinajstić information content (AvgIpc) is 3.28. The van der Waals surface area contributed by atoms with Crippen molar-refractivity contribution < 1.29 is 14.4 Å². The fourth-order valence-electron chi connectivity index (χ4n) is 4.76. The van der Waals surface area contributed by atoms with Crippen LogP contribution in [0.5, 0.6) is 0 Å². The molecule has 1 saturated heterocycles. The summed E-state index contributed by atoms with van der Waals surface area (Å²) in [6, 6.07) is 8.41. The van der Waals surface area contributed by atoms with Gasteiger partial charge in [-0.25, -0.2) is 0 Å². The normalized spacial score (nSPS) is 30.2. The summed E-state index contributed by atoms with van der Waals surface area (Å²) in [4.78, 5) is 40.3. The number of benzene rings is 1. The van der Waals surface area contributed by atoms with E-state index < -0.39 is 6.04 Å². The third-order valence-corrected chi connectivity index (χ3v) is 5.85. The molecule has 5 heteroatoms. The number of carbonyl (C=O) groups is 3. The average molecular weight is 352 g/mol. The number of fused-ring (bicyclic) bond motifs is 5. The highest BCUT2D eigenvalue weighted by Crippen LogP contribution is 2.53. The van der Waals surface area contributed by atoms with Crippen LogP contribution in [0.2, 0.25) is 0 Å². The second-order valence-corrected chi connectivity index (χ2v) is 8.05. The molecule has 1 aromatic carbocycles. The molecule has 4 rings (SSSR count).